The number of methoxy groups -OCH3 is 1. The fourth-order valence-corrected chi connectivity index (χ4v) is 2.74. The number of anilines is 1. The van der Waals surface area contributed by atoms with Crippen molar-refractivity contribution in [3.05, 3.63) is 35.9 Å². The predicted molar refractivity (Wildman–Crippen MR) is 92.8 cm³/mol. The van der Waals surface area contributed by atoms with Gasteiger partial charge in [-0.3, -0.25) is 0 Å². The number of hydrogen-bond donors (Lipinski definition) is 1. The molecule has 3 heterocycles. The monoisotopic (exact) mass is 345 g/mol. The summed E-state index contributed by atoms with van der Waals surface area (Å²) in [4.78, 5) is 24.9. The highest BCUT2D eigenvalue weighted by Crippen LogP contribution is 2.17. The molecule has 1 N–H and O–H groups in total. The lowest BCUT2D eigenvalue weighted by atomic mass is 10.2. The summed E-state index contributed by atoms with van der Waals surface area (Å²) in [7, 11) is 1.58. The number of ether oxygens (including phenoxy) is 1. The number of amides is 2. The molecule has 2 aromatic rings. The number of urea groups is 1. The second kappa shape index (κ2) is 7.42. The second-order valence-corrected chi connectivity index (χ2v) is 5.99. The standard InChI is InChI=1S/C17H23N5O3/c1-12-4-5-14(25-12)13(2)19-17(23)22-10-8-21(9-11-22)16-18-7-6-15(20-16)24-3/h4-7,13H,8-11H2,1-3H3,(H,19,23)/t13-/m0/s1. The summed E-state index contributed by atoms with van der Waals surface area (Å²) in [5, 5.41) is 2.98. The summed E-state index contributed by atoms with van der Waals surface area (Å²) in [6, 6.07) is 5.24. The van der Waals surface area contributed by atoms with Gasteiger partial charge in [-0.1, -0.05) is 0 Å². The normalized spacial score (nSPS) is 15.8. The minimum atomic E-state index is -0.166. The van der Waals surface area contributed by atoms with Crippen molar-refractivity contribution in [3.8, 4) is 5.88 Å². The molecule has 0 aliphatic carbocycles. The molecule has 0 aromatic carbocycles. The van der Waals surface area contributed by atoms with Crippen LogP contribution < -0.4 is 15.0 Å². The maximum Gasteiger partial charge on any atom is 0.318 e. The van der Waals surface area contributed by atoms with Crippen molar-refractivity contribution in [2.45, 2.75) is 19.9 Å². The number of aromatic nitrogens is 2. The van der Waals surface area contributed by atoms with Gasteiger partial charge in [-0.2, -0.15) is 4.98 Å². The molecule has 3 rings (SSSR count). The Bertz CT molecular complexity index is 725. The summed E-state index contributed by atoms with van der Waals surface area (Å²) in [5.74, 6) is 2.75. The van der Waals surface area contributed by atoms with Crippen molar-refractivity contribution < 1.29 is 13.9 Å². The molecule has 2 amide bonds. The van der Waals surface area contributed by atoms with E-state index in [1.165, 1.54) is 0 Å². The van der Waals surface area contributed by atoms with E-state index >= 15 is 0 Å². The molecule has 25 heavy (non-hydrogen) atoms. The number of hydrogen-bond acceptors (Lipinski definition) is 6. The van der Waals surface area contributed by atoms with Gasteiger partial charge < -0.3 is 24.3 Å². The number of furan rings is 1. The first-order valence-electron chi connectivity index (χ1n) is 8.30. The van der Waals surface area contributed by atoms with Crippen LogP contribution in [0.5, 0.6) is 5.88 Å². The van der Waals surface area contributed by atoms with Gasteiger partial charge in [0.15, 0.2) is 0 Å². The first kappa shape index (κ1) is 17.1. The Kier molecular flexibility index (Phi) is 5.06. The molecule has 1 aliphatic rings. The van der Waals surface area contributed by atoms with Gasteiger partial charge in [-0.25, -0.2) is 9.78 Å². The molecular weight excluding hydrogens is 322 g/mol. The van der Waals surface area contributed by atoms with Gasteiger partial charge in [0, 0.05) is 38.4 Å². The van der Waals surface area contributed by atoms with Crippen LogP contribution in [0.2, 0.25) is 0 Å². The summed E-state index contributed by atoms with van der Waals surface area (Å²) < 4.78 is 10.7. The van der Waals surface area contributed by atoms with Gasteiger partial charge in [0.25, 0.3) is 0 Å². The number of carbonyl (C=O) groups excluding carboxylic acids is 1. The number of aryl methyl sites for hydroxylation is 1. The molecular formula is C17H23N5O3. The molecule has 0 saturated carbocycles. The smallest absolute Gasteiger partial charge is 0.318 e. The number of carbonyl (C=O) groups is 1. The molecule has 8 heteroatoms. The van der Waals surface area contributed by atoms with Gasteiger partial charge in [0.2, 0.25) is 11.8 Å². The summed E-state index contributed by atoms with van der Waals surface area (Å²) in [6.07, 6.45) is 1.67. The van der Waals surface area contributed by atoms with Gasteiger partial charge in [-0.15, -0.1) is 0 Å². The molecule has 1 aliphatic heterocycles. The van der Waals surface area contributed by atoms with Crippen LogP contribution in [-0.4, -0.2) is 54.2 Å². The Labute approximate surface area is 146 Å². The van der Waals surface area contributed by atoms with Crippen LogP contribution in [0.25, 0.3) is 0 Å². The Balaban J connectivity index is 1.53. The van der Waals surface area contributed by atoms with Crippen molar-refractivity contribution >= 4 is 12.0 Å². The van der Waals surface area contributed by atoms with Crippen LogP contribution >= 0.6 is 0 Å². The Morgan fingerprint density at radius 2 is 2.04 bits per heavy atom. The highest BCUT2D eigenvalue weighted by atomic mass is 16.5. The molecule has 0 radical (unpaired) electrons. The zero-order valence-electron chi connectivity index (χ0n) is 14.7. The molecule has 134 valence electrons. The van der Waals surface area contributed by atoms with Crippen LogP contribution in [0, 0.1) is 6.92 Å². The van der Waals surface area contributed by atoms with E-state index in [-0.39, 0.29) is 12.1 Å². The maximum atomic E-state index is 12.4. The quantitative estimate of drug-likeness (QED) is 0.912. The minimum absolute atomic E-state index is 0.0900. The number of piperazine rings is 1. The van der Waals surface area contributed by atoms with Gasteiger partial charge >= 0.3 is 6.03 Å². The lowest BCUT2D eigenvalue weighted by Gasteiger charge is -2.35. The molecule has 2 aromatic heterocycles. The van der Waals surface area contributed by atoms with E-state index in [1.807, 2.05) is 30.9 Å². The van der Waals surface area contributed by atoms with E-state index < -0.39 is 0 Å². The number of rotatable bonds is 4. The SMILES string of the molecule is COc1ccnc(N2CCN(C(=O)N[C@@H](C)c3ccc(C)o3)CC2)n1. The maximum absolute atomic E-state index is 12.4. The number of nitrogens with zero attached hydrogens (tertiary/aromatic N) is 4. The molecule has 0 unspecified atom stereocenters. The highest BCUT2D eigenvalue weighted by molar-refractivity contribution is 5.75. The summed E-state index contributed by atoms with van der Waals surface area (Å²) in [6.45, 7) is 6.37. The van der Waals surface area contributed by atoms with Crippen molar-refractivity contribution in [1.82, 2.24) is 20.2 Å². The average molecular weight is 345 g/mol. The lowest BCUT2D eigenvalue weighted by molar-refractivity contribution is 0.189. The Morgan fingerprint density at radius 1 is 1.28 bits per heavy atom. The Morgan fingerprint density at radius 3 is 2.68 bits per heavy atom. The van der Waals surface area contributed by atoms with Crippen LogP contribution in [0.4, 0.5) is 10.7 Å². The fraction of sp³-hybridized carbons (Fsp3) is 0.471. The van der Waals surface area contributed by atoms with Gasteiger partial charge in [-0.05, 0) is 26.0 Å². The summed E-state index contributed by atoms with van der Waals surface area (Å²) >= 11 is 0. The van der Waals surface area contributed by atoms with E-state index in [9.17, 15) is 4.79 Å². The van der Waals surface area contributed by atoms with E-state index in [4.69, 9.17) is 9.15 Å². The molecule has 1 saturated heterocycles. The van der Waals surface area contributed by atoms with E-state index in [0.29, 0.717) is 38.0 Å². The van der Waals surface area contributed by atoms with Crippen molar-refractivity contribution in [2.24, 2.45) is 0 Å². The third kappa shape index (κ3) is 4.01. The zero-order chi connectivity index (χ0) is 17.8. The first-order valence-corrected chi connectivity index (χ1v) is 8.30. The second-order valence-electron chi connectivity index (χ2n) is 5.99. The molecule has 1 atom stereocenters. The van der Waals surface area contributed by atoms with Crippen LogP contribution in [0.1, 0.15) is 24.5 Å². The molecule has 1 fully saturated rings. The van der Waals surface area contributed by atoms with Crippen LogP contribution in [0.3, 0.4) is 0 Å². The topological polar surface area (TPSA) is 83.7 Å². The predicted octanol–water partition coefficient (Wildman–Crippen LogP) is 1.98. The van der Waals surface area contributed by atoms with E-state index in [1.54, 1.807) is 24.3 Å². The average Bonchev–Trinajstić information content (AvgIpc) is 3.08. The van der Waals surface area contributed by atoms with Crippen LogP contribution in [-0.2, 0) is 0 Å². The third-order valence-electron chi connectivity index (χ3n) is 4.20. The summed E-state index contributed by atoms with van der Waals surface area (Å²) in [5.41, 5.74) is 0. The first-order chi connectivity index (χ1) is 12.1. The van der Waals surface area contributed by atoms with E-state index in [0.717, 1.165) is 11.5 Å². The molecule has 0 bridgehead atoms. The zero-order valence-corrected chi connectivity index (χ0v) is 14.7. The van der Waals surface area contributed by atoms with Crippen molar-refractivity contribution in [3.63, 3.8) is 0 Å². The fourth-order valence-electron chi connectivity index (χ4n) is 2.74. The molecule has 8 nitrogen and oxygen atoms in total. The van der Waals surface area contributed by atoms with E-state index in [2.05, 4.69) is 15.3 Å². The van der Waals surface area contributed by atoms with Gasteiger partial charge in [0.05, 0.1) is 13.2 Å². The molecule has 0 spiro atoms. The lowest BCUT2D eigenvalue weighted by Crippen LogP contribution is -2.52. The Hall–Kier alpha value is -2.77. The van der Waals surface area contributed by atoms with Gasteiger partial charge in [0.1, 0.15) is 11.5 Å². The minimum Gasteiger partial charge on any atom is -0.481 e. The third-order valence-corrected chi connectivity index (χ3v) is 4.20. The van der Waals surface area contributed by atoms with Crippen molar-refractivity contribution in [1.29, 1.82) is 0 Å². The largest absolute Gasteiger partial charge is 0.481 e. The van der Waals surface area contributed by atoms with Crippen molar-refractivity contribution in [2.75, 3.05) is 38.2 Å². The van der Waals surface area contributed by atoms with Crippen LogP contribution in [0.15, 0.2) is 28.8 Å². The number of nitrogens with one attached hydrogen (secondary N) is 1. The highest BCUT2D eigenvalue weighted by Gasteiger charge is 2.24.